The van der Waals surface area contributed by atoms with Gasteiger partial charge in [0, 0.05) is 18.5 Å². The molecular formula is C20H23Cl2NO3. The molecule has 1 aromatic rings. The van der Waals surface area contributed by atoms with E-state index in [1.54, 1.807) is 23.1 Å². The fourth-order valence-corrected chi connectivity index (χ4v) is 3.77. The van der Waals surface area contributed by atoms with Crippen molar-refractivity contribution in [2.45, 2.75) is 56.9 Å². The van der Waals surface area contributed by atoms with Gasteiger partial charge in [0.25, 0.3) is 5.91 Å². The minimum absolute atomic E-state index is 0.0812. The first kappa shape index (κ1) is 20.6. The van der Waals surface area contributed by atoms with E-state index >= 15 is 0 Å². The number of aliphatic carboxylic acids is 1. The molecule has 1 aliphatic rings. The summed E-state index contributed by atoms with van der Waals surface area (Å²) >= 11 is 12.0. The molecule has 1 N–H and O–H groups in total. The van der Waals surface area contributed by atoms with Gasteiger partial charge in [0.1, 0.15) is 5.54 Å². The van der Waals surface area contributed by atoms with Crippen LogP contribution >= 0.6 is 23.2 Å². The zero-order chi connectivity index (χ0) is 19.2. The van der Waals surface area contributed by atoms with Gasteiger partial charge in [0.15, 0.2) is 0 Å². The monoisotopic (exact) mass is 395 g/mol. The molecule has 0 unspecified atom stereocenters. The molecular weight excluding hydrogens is 373 g/mol. The Morgan fingerprint density at radius 3 is 2.42 bits per heavy atom. The van der Waals surface area contributed by atoms with Crippen molar-refractivity contribution >= 4 is 35.1 Å². The van der Waals surface area contributed by atoms with E-state index < -0.39 is 11.5 Å². The van der Waals surface area contributed by atoms with E-state index in [-0.39, 0.29) is 12.3 Å². The van der Waals surface area contributed by atoms with Crippen LogP contribution < -0.4 is 0 Å². The first-order valence-corrected chi connectivity index (χ1v) is 9.62. The first-order chi connectivity index (χ1) is 12.4. The van der Waals surface area contributed by atoms with Gasteiger partial charge in [-0.05, 0) is 43.9 Å². The van der Waals surface area contributed by atoms with E-state index in [0.29, 0.717) is 35.0 Å². The summed E-state index contributed by atoms with van der Waals surface area (Å²) in [6.45, 7) is 0.427. The maximum absolute atomic E-state index is 13.2. The summed E-state index contributed by atoms with van der Waals surface area (Å²) in [6, 6.07) is 4.81. The standard InChI is InChI=1S/C20H23Cl2NO3/c1-2-20(11-5-3-6-12-20)23(13-7-4-8-18(24)25)19(26)15-9-10-16(21)17(22)14-15/h1,9-10,14H,3-8,11-13H2,(H,24,25). The molecule has 26 heavy (non-hydrogen) atoms. The smallest absolute Gasteiger partial charge is 0.303 e. The highest BCUT2D eigenvalue weighted by atomic mass is 35.5. The van der Waals surface area contributed by atoms with Crippen LogP contribution in [0.4, 0.5) is 0 Å². The molecule has 140 valence electrons. The SMILES string of the molecule is C#CC1(N(CCCCC(=O)O)C(=O)c2ccc(Cl)c(Cl)c2)CCCCC1. The van der Waals surface area contributed by atoms with Crippen LogP contribution in [0.3, 0.4) is 0 Å². The maximum atomic E-state index is 13.2. The number of unbranched alkanes of at least 4 members (excludes halogenated alkanes) is 1. The Kier molecular flexibility index (Phi) is 7.37. The van der Waals surface area contributed by atoms with E-state index in [9.17, 15) is 9.59 Å². The summed E-state index contributed by atoms with van der Waals surface area (Å²) in [5.74, 6) is 1.86. The van der Waals surface area contributed by atoms with Crippen molar-refractivity contribution in [2.75, 3.05) is 6.54 Å². The normalized spacial score (nSPS) is 15.9. The molecule has 0 aliphatic heterocycles. The predicted molar refractivity (Wildman–Crippen MR) is 104 cm³/mol. The number of nitrogens with zero attached hydrogens (tertiary/aromatic N) is 1. The Morgan fingerprint density at radius 2 is 1.85 bits per heavy atom. The number of carbonyl (C=O) groups is 2. The van der Waals surface area contributed by atoms with Crippen molar-refractivity contribution in [3.63, 3.8) is 0 Å². The van der Waals surface area contributed by atoms with Crippen LogP contribution in [0.5, 0.6) is 0 Å². The average Bonchev–Trinajstić information content (AvgIpc) is 2.64. The zero-order valence-corrected chi connectivity index (χ0v) is 16.2. The molecule has 1 aliphatic carbocycles. The highest BCUT2D eigenvalue weighted by Crippen LogP contribution is 2.35. The number of carboxylic acids is 1. The lowest BCUT2D eigenvalue weighted by atomic mass is 9.80. The summed E-state index contributed by atoms with van der Waals surface area (Å²) in [7, 11) is 0. The molecule has 2 rings (SSSR count). The quantitative estimate of drug-likeness (QED) is 0.520. The van der Waals surface area contributed by atoms with Gasteiger partial charge >= 0.3 is 5.97 Å². The van der Waals surface area contributed by atoms with Crippen molar-refractivity contribution in [3.05, 3.63) is 33.8 Å². The summed E-state index contributed by atoms with van der Waals surface area (Å²) < 4.78 is 0. The number of benzene rings is 1. The van der Waals surface area contributed by atoms with E-state index in [1.165, 1.54) is 0 Å². The van der Waals surface area contributed by atoms with Crippen LogP contribution in [-0.2, 0) is 4.79 Å². The van der Waals surface area contributed by atoms with Gasteiger partial charge in [-0.3, -0.25) is 9.59 Å². The Morgan fingerprint density at radius 1 is 1.15 bits per heavy atom. The number of halogens is 2. The topological polar surface area (TPSA) is 57.6 Å². The Labute approximate surface area is 164 Å². The lowest BCUT2D eigenvalue weighted by Crippen LogP contribution is -2.52. The fraction of sp³-hybridized carbons (Fsp3) is 0.500. The molecule has 0 radical (unpaired) electrons. The lowest BCUT2D eigenvalue weighted by Gasteiger charge is -2.43. The largest absolute Gasteiger partial charge is 0.481 e. The summed E-state index contributed by atoms with van der Waals surface area (Å²) in [4.78, 5) is 25.7. The molecule has 1 aromatic carbocycles. The summed E-state index contributed by atoms with van der Waals surface area (Å²) in [6.07, 6.45) is 11.6. The molecule has 4 nitrogen and oxygen atoms in total. The van der Waals surface area contributed by atoms with E-state index in [0.717, 1.165) is 32.1 Å². The van der Waals surface area contributed by atoms with Gasteiger partial charge in [-0.25, -0.2) is 0 Å². The molecule has 1 amide bonds. The predicted octanol–water partition coefficient (Wildman–Crippen LogP) is 5.03. The van der Waals surface area contributed by atoms with Crippen molar-refractivity contribution in [1.82, 2.24) is 4.90 Å². The van der Waals surface area contributed by atoms with Gasteiger partial charge in [0.2, 0.25) is 0 Å². The number of hydrogen-bond donors (Lipinski definition) is 1. The minimum Gasteiger partial charge on any atom is -0.481 e. The molecule has 0 saturated heterocycles. The van der Waals surface area contributed by atoms with Gasteiger partial charge in [0.05, 0.1) is 10.0 Å². The highest BCUT2D eigenvalue weighted by Gasteiger charge is 2.39. The number of terminal acetylenes is 1. The Balaban J connectivity index is 2.26. The summed E-state index contributed by atoms with van der Waals surface area (Å²) in [5, 5.41) is 9.54. The third-order valence-corrected chi connectivity index (χ3v) is 5.64. The molecule has 1 saturated carbocycles. The molecule has 0 atom stereocenters. The second-order valence-corrected chi connectivity index (χ2v) is 7.49. The van der Waals surface area contributed by atoms with Crippen molar-refractivity contribution in [1.29, 1.82) is 0 Å². The van der Waals surface area contributed by atoms with Crippen LogP contribution in [0, 0.1) is 12.3 Å². The second-order valence-electron chi connectivity index (χ2n) is 6.67. The Bertz CT molecular complexity index is 705. The molecule has 1 fully saturated rings. The van der Waals surface area contributed by atoms with Crippen molar-refractivity contribution in [2.24, 2.45) is 0 Å². The first-order valence-electron chi connectivity index (χ1n) is 8.86. The van der Waals surface area contributed by atoms with Crippen LogP contribution in [-0.4, -0.2) is 34.0 Å². The molecule has 0 bridgehead atoms. The van der Waals surface area contributed by atoms with Gasteiger partial charge < -0.3 is 10.0 Å². The molecule has 0 spiro atoms. The van der Waals surface area contributed by atoms with Crippen LogP contribution in [0.15, 0.2) is 18.2 Å². The highest BCUT2D eigenvalue weighted by molar-refractivity contribution is 6.42. The third kappa shape index (κ3) is 4.93. The lowest BCUT2D eigenvalue weighted by molar-refractivity contribution is -0.137. The number of amides is 1. The van der Waals surface area contributed by atoms with E-state index in [4.69, 9.17) is 34.7 Å². The van der Waals surface area contributed by atoms with Gasteiger partial charge in [-0.1, -0.05) is 48.4 Å². The number of carboxylic acid groups (broad SMARTS) is 1. The fourth-order valence-electron chi connectivity index (χ4n) is 3.47. The zero-order valence-electron chi connectivity index (χ0n) is 14.6. The number of rotatable bonds is 7. The average molecular weight is 396 g/mol. The second kappa shape index (κ2) is 9.30. The number of hydrogen-bond acceptors (Lipinski definition) is 2. The van der Waals surface area contributed by atoms with Crippen LogP contribution in [0.25, 0.3) is 0 Å². The van der Waals surface area contributed by atoms with E-state index in [1.807, 2.05) is 0 Å². The van der Waals surface area contributed by atoms with Gasteiger partial charge in [-0.15, -0.1) is 6.42 Å². The number of carbonyl (C=O) groups excluding carboxylic acids is 1. The summed E-state index contributed by atoms with van der Waals surface area (Å²) in [5.41, 5.74) is -0.178. The van der Waals surface area contributed by atoms with Crippen LogP contribution in [0.2, 0.25) is 10.0 Å². The third-order valence-electron chi connectivity index (χ3n) is 4.90. The Hall–Kier alpha value is -1.70. The van der Waals surface area contributed by atoms with E-state index in [2.05, 4.69) is 5.92 Å². The maximum Gasteiger partial charge on any atom is 0.303 e. The molecule has 6 heteroatoms. The van der Waals surface area contributed by atoms with Crippen LogP contribution in [0.1, 0.15) is 61.7 Å². The molecule has 0 aromatic heterocycles. The van der Waals surface area contributed by atoms with Gasteiger partial charge in [-0.2, -0.15) is 0 Å². The molecule has 0 heterocycles. The van der Waals surface area contributed by atoms with Crippen molar-refractivity contribution in [3.8, 4) is 12.3 Å². The van der Waals surface area contributed by atoms with Crippen molar-refractivity contribution < 1.29 is 14.7 Å². The minimum atomic E-state index is -0.836.